The molecule has 0 unspecified atom stereocenters. The molecule has 0 heterocycles. The minimum absolute atomic E-state index is 0.144. The highest BCUT2D eigenvalue weighted by Gasteiger charge is 2.09. The second-order valence-electron chi connectivity index (χ2n) is 5.98. The van der Waals surface area contributed by atoms with E-state index < -0.39 is 11.8 Å². The van der Waals surface area contributed by atoms with Crippen LogP contribution >= 0.6 is 0 Å². The van der Waals surface area contributed by atoms with Gasteiger partial charge in [0.2, 0.25) is 0 Å². The number of rotatable bonds is 5. The number of hydrogen-bond acceptors (Lipinski definition) is 3. The van der Waals surface area contributed by atoms with Gasteiger partial charge in [-0.2, -0.15) is 0 Å². The molecule has 3 rings (SSSR count). The number of aliphatic hydroxyl groups excluding tert-OH is 1. The molecule has 2 amide bonds. The average Bonchev–Trinajstić information content (AvgIpc) is 2.65. The Hall–Kier alpha value is -3.38. The molecule has 138 valence electrons. The molecular formula is C21H19FN2O3. The van der Waals surface area contributed by atoms with Gasteiger partial charge in [0.1, 0.15) is 11.6 Å². The number of phenols is 1. The van der Waals surface area contributed by atoms with E-state index in [2.05, 4.69) is 10.6 Å². The van der Waals surface area contributed by atoms with Gasteiger partial charge < -0.3 is 20.8 Å². The number of amides is 2. The number of aromatic hydroxyl groups is 1. The Morgan fingerprint density at radius 3 is 2.44 bits per heavy atom. The maximum atomic E-state index is 13.4. The lowest BCUT2D eigenvalue weighted by molar-refractivity contribution is 0.262. The average molecular weight is 366 g/mol. The van der Waals surface area contributed by atoms with Gasteiger partial charge in [0, 0.05) is 18.0 Å². The Balaban J connectivity index is 1.73. The van der Waals surface area contributed by atoms with Gasteiger partial charge in [-0.1, -0.05) is 24.3 Å². The summed E-state index contributed by atoms with van der Waals surface area (Å²) in [5.74, 6) is -0.239. The minimum Gasteiger partial charge on any atom is -0.508 e. The van der Waals surface area contributed by atoms with Crippen LogP contribution in [-0.4, -0.2) is 22.9 Å². The number of phenolic OH excluding ortho intramolecular Hbond substituents is 1. The van der Waals surface area contributed by atoms with Crippen LogP contribution < -0.4 is 10.6 Å². The lowest BCUT2D eigenvalue weighted by Crippen LogP contribution is -2.20. The molecule has 0 aliphatic rings. The summed E-state index contributed by atoms with van der Waals surface area (Å²) in [5, 5.41) is 23.9. The van der Waals surface area contributed by atoms with Crippen LogP contribution in [0, 0.1) is 5.82 Å². The molecule has 0 saturated carbocycles. The zero-order valence-electron chi connectivity index (χ0n) is 14.4. The number of hydrogen-bond donors (Lipinski definition) is 4. The summed E-state index contributed by atoms with van der Waals surface area (Å²) in [6.07, 6.45) is 0.240. The molecule has 3 aromatic carbocycles. The van der Waals surface area contributed by atoms with Crippen molar-refractivity contribution in [2.24, 2.45) is 0 Å². The minimum atomic E-state index is -0.469. The third-order valence-electron chi connectivity index (χ3n) is 4.02. The van der Waals surface area contributed by atoms with Gasteiger partial charge in [-0.3, -0.25) is 0 Å². The summed E-state index contributed by atoms with van der Waals surface area (Å²) in [5.41, 5.74) is 3.34. The number of anilines is 2. The van der Waals surface area contributed by atoms with E-state index in [-0.39, 0.29) is 18.8 Å². The largest absolute Gasteiger partial charge is 0.508 e. The lowest BCUT2D eigenvalue weighted by atomic mass is 10.1. The summed E-state index contributed by atoms with van der Waals surface area (Å²) < 4.78 is 13.4. The predicted octanol–water partition coefficient (Wildman–Crippen LogP) is 4.38. The summed E-state index contributed by atoms with van der Waals surface area (Å²) in [4.78, 5) is 12.3. The van der Waals surface area contributed by atoms with Crippen LogP contribution in [0.3, 0.4) is 0 Å². The number of halogens is 1. The third-order valence-corrected chi connectivity index (χ3v) is 4.02. The van der Waals surface area contributed by atoms with Crippen molar-refractivity contribution in [1.82, 2.24) is 0 Å². The fourth-order valence-electron chi connectivity index (χ4n) is 2.73. The van der Waals surface area contributed by atoms with E-state index in [9.17, 15) is 14.3 Å². The monoisotopic (exact) mass is 366 g/mol. The molecule has 3 aromatic rings. The number of nitrogens with one attached hydrogen (secondary N) is 2. The van der Waals surface area contributed by atoms with Crippen molar-refractivity contribution >= 4 is 17.4 Å². The van der Waals surface area contributed by atoms with Crippen LogP contribution in [0.15, 0.2) is 66.7 Å². The van der Waals surface area contributed by atoms with E-state index in [1.54, 1.807) is 30.3 Å². The first kappa shape index (κ1) is 18.4. The van der Waals surface area contributed by atoms with Gasteiger partial charge in [-0.15, -0.1) is 0 Å². The van der Waals surface area contributed by atoms with Gasteiger partial charge in [0.15, 0.2) is 0 Å². The molecule has 0 aromatic heterocycles. The Morgan fingerprint density at radius 2 is 1.70 bits per heavy atom. The normalized spacial score (nSPS) is 10.4. The lowest BCUT2D eigenvalue weighted by Gasteiger charge is -2.12. The first-order chi connectivity index (χ1) is 13.0. The standard InChI is InChI=1S/C21H19FN2O3/c22-17-6-9-20(16(12-17)10-11-25)24-21(27)23-18-3-1-2-15(13-18)14-4-7-19(26)8-5-14/h1-9,12-13,25-26H,10-11H2,(H2,23,24,27). The summed E-state index contributed by atoms with van der Waals surface area (Å²) in [6, 6.07) is 17.6. The van der Waals surface area contributed by atoms with Crippen molar-refractivity contribution in [2.75, 3.05) is 17.2 Å². The molecule has 0 radical (unpaired) electrons. The zero-order valence-corrected chi connectivity index (χ0v) is 14.4. The molecular weight excluding hydrogens is 347 g/mol. The van der Waals surface area contributed by atoms with Gasteiger partial charge in [-0.25, -0.2) is 9.18 Å². The molecule has 27 heavy (non-hydrogen) atoms. The SMILES string of the molecule is O=C(Nc1cccc(-c2ccc(O)cc2)c1)Nc1ccc(F)cc1CCO. The Kier molecular flexibility index (Phi) is 5.68. The maximum absolute atomic E-state index is 13.4. The maximum Gasteiger partial charge on any atom is 0.323 e. The van der Waals surface area contributed by atoms with E-state index >= 15 is 0 Å². The van der Waals surface area contributed by atoms with Gasteiger partial charge >= 0.3 is 6.03 Å². The van der Waals surface area contributed by atoms with Crippen LogP contribution in [0.5, 0.6) is 5.75 Å². The molecule has 0 aliphatic heterocycles. The fraction of sp³-hybridized carbons (Fsp3) is 0.0952. The highest BCUT2D eigenvalue weighted by atomic mass is 19.1. The quantitative estimate of drug-likeness (QED) is 0.541. The zero-order chi connectivity index (χ0) is 19.2. The number of carbonyl (C=O) groups is 1. The summed E-state index contributed by atoms with van der Waals surface area (Å²) >= 11 is 0. The van der Waals surface area contributed by atoms with Gasteiger partial charge in [-0.05, 0) is 65.6 Å². The van der Waals surface area contributed by atoms with Crippen LogP contribution in [0.4, 0.5) is 20.6 Å². The molecule has 0 spiro atoms. The van der Waals surface area contributed by atoms with Gasteiger partial charge in [0.05, 0.1) is 0 Å². The molecule has 5 nitrogen and oxygen atoms in total. The van der Waals surface area contributed by atoms with Crippen molar-refractivity contribution in [2.45, 2.75) is 6.42 Å². The molecule has 6 heteroatoms. The molecule has 0 saturated heterocycles. The molecule has 0 bridgehead atoms. The van der Waals surface area contributed by atoms with Crippen LogP contribution in [0.1, 0.15) is 5.56 Å². The number of carbonyl (C=O) groups excluding carboxylic acids is 1. The predicted molar refractivity (Wildman–Crippen MR) is 103 cm³/mol. The van der Waals surface area contributed by atoms with E-state index in [1.807, 2.05) is 18.2 Å². The van der Waals surface area contributed by atoms with Gasteiger partial charge in [0.25, 0.3) is 0 Å². The molecule has 4 N–H and O–H groups in total. The first-order valence-corrected chi connectivity index (χ1v) is 8.42. The van der Waals surface area contributed by atoms with E-state index in [4.69, 9.17) is 5.11 Å². The Labute approximate surface area is 156 Å². The van der Waals surface area contributed by atoms with Crippen molar-refractivity contribution in [3.05, 3.63) is 78.1 Å². The second-order valence-corrected chi connectivity index (χ2v) is 5.98. The summed E-state index contributed by atoms with van der Waals surface area (Å²) in [7, 11) is 0. The molecule has 0 atom stereocenters. The van der Waals surface area contributed by atoms with Crippen LogP contribution in [0.2, 0.25) is 0 Å². The molecule has 0 aliphatic carbocycles. The van der Waals surface area contributed by atoms with Crippen molar-refractivity contribution in [3.63, 3.8) is 0 Å². The van der Waals surface area contributed by atoms with Crippen molar-refractivity contribution in [1.29, 1.82) is 0 Å². The highest BCUT2D eigenvalue weighted by Crippen LogP contribution is 2.25. The summed E-state index contributed by atoms with van der Waals surface area (Å²) in [6.45, 7) is -0.144. The Bertz CT molecular complexity index is 942. The van der Waals surface area contributed by atoms with Crippen molar-refractivity contribution < 1.29 is 19.4 Å². The number of aliphatic hydroxyl groups is 1. The van der Waals surface area contributed by atoms with E-state index in [0.717, 1.165) is 11.1 Å². The number of urea groups is 1. The van der Waals surface area contributed by atoms with E-state index in [1.165, 1.54) is 18.2 Å². The smallest absolute Gasteiger partial charge is 0.323 e. The Morgan fingerprint density at radius 1 is 0.926 bits per heavy atom. The third kappa shape index (κ3) is 4.83. The second kappa shape index (κ2) is 8.33. The first-order valence-electron chi connectivity index (χ1n) is 8.42. The van der Waals surface area contributed by atoms with Crippen molar-refractivity contribution in [3.8, 4) is 16.9 Å². The topological polar surface area (TPSA) is 81.6 Å². The molecule has 0 fully saturated rings. The van der Waals surface area contributed by atoms with E-state index in [0.29, 0.717) is 16.9 Å². The number of benzene rings is 3. The van der Waals surface area contributed by atoms with Crippen LogP contribution in [-0.2, 0) is 6.42 Å². The fourth-order valence-corrected chi connectivity index (χ4v) is 2.73. The van der Waals surface area contributed by atoms with Crippen LogP contribution in [0.25, 0.3) is 11.1 Å². The highest BCUT2D eigenvalue weighted by molar-refractivity contribution is 6.00.